The van der Waals surface area contributed by atoms with Gasteiger partial charge in [-0.25, -0.2) is 0 Å². The summed E-state index contributed by atoms with van der Waals surface area (Å²) in [6, 6.07) is 0. The maximum Gasteiger partial charge on any atom is 0.00101 e. The third kappa shape index (κ3) is 7.64. The van der Waals surface area contributed by atoms with Crippen LogP contribution in [0.2, 0.25) is 0 Å². The van der Waals surface area contributed by atoms with Crippen molar-refractivity contribution < 1.29 is 0 Å². The first-order valence-electron chi connectivity index (χ1n) is 4.95. The highest BCUT2D eigenvalue weighted by atomic mass is 14.6. The predicted octanol–water partition coefficient (Wildman–Crippen LogP) is 3.31. The van der Waals surface area contributed by atoms with Crippen LogP contribution in [-0.2, 0) is 0 Å². The van der Waals surface area contributed by atoms with Crippen molar-refractivity contribution in [2.75, 3.05) is 0 Å². The zero-order chi connectivity index (χ0) is 9.56. The molecule has 0 aromatic rings. The Hall–Kier alpha value is -0.460. The minimum atomic E-state index is 0.709. The van der Waals surface area contributed by atoms with Gasteiger partial charge in [-0.2, -0.15) is 0 Å². The fraction of sp³-hybridized carbons (Fsp3) is 0.818. The molecular formula is C11H23N. The van der Waals surface area contributed by atoms with E-state index < -0.39 is 0 Å². The molecule has 0 rings (SSSR count). The summed E-state index contributed by atoms with van der Waals surface area (Å²) in [5.41, 5.74) is 6.36. The molecule has 0 spiro atoms. The topological polar surface area (TPSA) is 26.0 Å². The van der Waals surface area contributed by atoms with Gasteiger partial charge in [0.2, 0.25) is 0 Å². The molecule has 0 aliphatic heterocycles. The quantitative estimate of drug-likeness (QED) is 0.648. The lowest BCUT2D eigenvalue weighted by molar-refractivity contribution is 0.454. The second kappa shape index (κ2) is 6.10. The lowest BCUT2D eigenvalue weighted by Gasteiger charge is -2.11. The normalized spacial score (nSPS) is 13.3. The maximum absolute atomic E-state index is 5.53. The molecule has 0 aliphatic carbocycles. The average molecular weight is 169 g/mol. The molecule has 2 N–H and O–H groups in total. The zero-order valence-corrected chi connectivity index (χ0v) is 8.77. The lowest BCUT2D eigenvalue weighted by Crippen LogP contribution is -2.03. The highest BCUT2D eigenvalue weighted by molar-refractivity contribution is 4.87. The van der Waals surface area contributed by atoms with Crippen molar-refractivity contribution in [2.24, 2.45) is 17.6 Å². The Labute approximate surface area is 77.0 Å². The van der Waals surface area contributed by atoms with Crippen LogP contribution in [-0.4, -0.2) is 0 Å². The van der Waals surface area contributed by atoms with E-state index in [0.29, 0.717) is 5.92 Å². The summed E-state index contributed by atoms with van der Waals surface area (Å²) in [4.78, 5) is 0. The van der Waals surface area contributed by atoms with Crippen LogP contribution in [0.5, 0.6) is 0 Å². The van der Waals surface area contributed by atoms with E-state index in [4.69, 9.17) is 5.73 Å². The molecule has 72 valence electrons. The van der Waals surface area contributed by atoms with E-state index in [0.717, 1.165) is 18.0 Å². The largest absolute Gasteiger partial charge is 0.403 e. The van der Waals surface area contributed by atoms with E-state index in [1.807, 2.05) is 0 Å². The molecule has 1 nitrogen and oxygen atoms in total. The van der Waals surface area contributed by atoms with Crippen LogP contribution >= 0.6 is 0 Å². The number of nitrogens with two attached hydrogens (primary N) is 1. The standard InChI is InChI=1S/C11H23N/c1-9(2)6-5-7-10(3)8-11(4)12/h9-10H,4-8,12H2,1-3H3. The van der Waals surface area contributed by atoms with Crippen LogP contribution in [0.3, 0.4) is 0 Å². The molecule has 0 fully saturated rings. The summed E-state index contributed by atoms with van der Waals surface area (Å²) < 4.78 is 0. The van der Waals surface area contributed by atoms with E-state index in [1.165, 1.54) is 19.3 Å². The molecule has 0 bridgehead atoms. The number of hydrogen-bond donors (Lipinski definition) is 1. The Balaban J connectivity index is 3.31. The van der Waals surface area contributed by atoms with Crippen LogP contribution in [0, 0.1) is 11.8 Å². The van der Waals surface area contributed by atoms with E-state index >= 15 is 0 Å². The van der Waals surface area contributed by atoms with Gasteiger partial charge in [0, 0.05) is 5.70 Å². The molecule has 0 saturated carbocycles. The van der Waals surface area contributed by atoms with Gasteiger partial charge in [-0.3, -0.25) is 0 Å². The van der Waals surface area contributed by atoms with Crippen molar-refractivity contribution in [1.82, 2.24) is 0 Å². The zero-order valence-electron chi connectivity index (χ0n) is 8.77. The molecule has 12 heavy (non-hydrogen) atoms. The summed E-state index contributed by atoms with van der Waals surface area (Å²) >= 11 is 0. The van der Waals surface area contributed by atoms with Gasteiger partial charge in [0.1, 0.15) is 0 Å². The number of allylic oxidation sites excluding steroid dienone is 1. The molecule has 0 aliphatic rings. The highest BCUT2D eigenvalue weighted by Gasteiger charge is 2.02. The van der Waals surface area contributed by atoms with Crippen molar-refractivity contribution in [2.45, 2.75) is 46.5 Å². The fourth-order valence-electron chi connectivity index (χ4n) is 1.42. The molecule has 0 heterocycles. The Morgan fingerprint density at radius 1 is 1.25 bits per heavy atom. The Morgan fingerprint density at radius 3 is 2.25 bits per heavy atom. The van der Waals surface area contributed by atoms with Gasteiger partial charge in [-0.15, -0.1) is 0 Å². The van der Waals surface area contributed by atoms with Crippen molar-refractivity contribution in [3.63, 3.8) is 0 Å². The van der Waals surface area contributed by atoms with Crippen molar-refractivity contribution >= 4 is 0 Å². The van der Waals surface area contributed by atoms with Gasteiger partial charge in [-0.1, -0.05) is 46.6 Å². The molecule has 0 aromatic heterocycles. The van der Waals surface area contributed by atoms with Crippen molar-refractivity contribution in [3.05, 3.63) is 12.3 Å². The molecule has 1 unspecified atom stereocenters. The monoisotopic (exact) mass is 169 g/mol. The van der Waals surface area contributed by atoms with Gasteiger partial charge in [-0.05, 0) is 18.3 Å². The molecule has 0 saturated heterocycles. The van der Waals surface area contributed by atoms with Gasteiger partial charge in [0.15, 0.2) is 0 Å². The number of rotatable bonds is 6. The summed E-state index contributed by atoms with van der Waals surface area (Å²) in [5.74, 6) is 1.54. The van der Waals surface area contributed by atoms with E-state index in [9.17, 15) is 0 Å². The minimum Gasteiger partial charge on any atom is -0.403 e. The van der Waals surface area contributed by atoms with Crippen molar-refractivity contribution in [3.8, 4) is 0 Å². The highest BCUT2D eigenvalue weighted by Crippen LogP contribution is 2.16. The molecule has 1 atom stereocenters. The fourth-order valence-corrected chi connectivity index (χ4v) is 1.42. The third-order valence-electron chi connectivity index (χ3n) is 2.09. The average Bonchev–Trinajstić information content (AvgIpc) is 1.84. The molecule has 0 amide bonds. The predicted molar refractivity (Wildman–Crippen MR) is 55.8 cm³/mol. The molecule has 0 aromatic carbocycles. The maximum atomic E-state index is 5.53. The summed E-state index contributed by atoms with van der Waals surface area (Å²) in [5, 5.41) is 0. The van der Waals surface area contributed by atoms with E-state index in [2.05, 4.69) is 27.4 Å². The van der Waals surface area contributed by atoms with Gasteiger partial charge in [0.05, 0.1) is 0 Å². The first-order chi connectivity index (χ1) is 5.52. The minimum absolute atomic E-state index is 0.709. The van der Waals surface area contributed by atoms with E-state index in [-0.39, 0.29) is 0 Å². The summed E-state index contributed by atoms with van der Waals surface area (Å²) in [7, 11) is 0. The smallest absolute Gasteiger partial charge is 0.00101 e. The second-order valence-electron chi connectivity index (χ2n) is 4.29. The lowest BCUT2D eigenvalue weighted by atomic mass is 9.96. The molecule has 0 radical (unpaired) electrons. The molecular weight excluding hydrogens is 146 g/mol. The van der Waals surface area contributed by atoms with Gasteiger partial charge >= 0.3 is 0 Å². The van der Waals surface area contributed by atoms with Crippen LogP contribution < -0.4 is 5.73 Å². The van der Waals surface area contributed by atoms with Crippen molar-refractivity contribution in [1.29, 1.82) is 0 Å². The Kier molecular flexibility index (Phi) is 5.87. The van der Waals surface area contributed by atoms with Crippen LogP contribution in [0.15, 0.2) is 12.3 Å². The Morgan fingerprint density at radius 2 is 1.83 bits per heavy atom. The first-order valence-corrected chi connectivity index (χ1v) is 4.95. The summed E-state index contributed by atoms with van der Waals surface area (Å²) in [6.45, 7) is 10.5. The summed E-state index contributed by atoms with van der Waals surface area (Å²) in [6.07, 6.45) is 4.93. The van der Waals surface area contributed by atoms with E-state index in [1.54, 1.807) is 0 Å². The Bertz CT molecular complexity index is 127. The van der Waals surface area contributed by atoms with Crippen LogP contribution in [0.1, 0.15) is 46.5 Å². The SMILES string of the molecule is C=C(N)CC(C)CCCC(C)C. The van der Waals surface area contributed by atoms with Crippen LogP contribution in [0.4, 0.5) is 0 Å². The first kappa shape index (κ1) is 11.5. The second-order valence-corrected chi connectivity index (χ2v) is 4.29. The van der Waals surface area contributed by atoms with Gasteiger partial charge in [0.25, 0.3) is 0 Å². The van der Waals surface area contributed by atoms with Crippen LogP contribution in [0.25, 0.3) is 0 Å². The third-order valence-corrected chi connectivity index (χ3v) is 2.09. The van der Waals surface area contributed by atoms with Gasteiger partial charge < -0.3 is 5.73 Å². The number of hydrogen-bond acceptors (Lipinski definition) is 1. The molecule has 1 heteroatoms.